The third kappa shape index (κ3) is 3.74. The Labute approximate surface area is 122 Å². The average molecular weight is 292 g/mol. The van der Waals surface area contributed by atoms with Gasteiger partial charge in [-0.3, -0.25) is 0 Å². The molecule has 0 aromatic heterocycles. The van der Waals surface area contributed by atoms with Crippen LogP contribution in [0, 0.1) is 5.82 Å². The van der Waals surface area contributed by atoms with Crippen LogP contribution in [-0.2, 0) is 5.75 Å². The molecule has 2 rings (SSSR count). The molecular weight excluding hydrogens is 275 g/mol. The smallest absolute Gasteiger partial charge is 0.130 e. The molecule has 0 fully saturated rings. The van der Waals surface area contributed by atoms with Crippen molar-refractivity contribution < 1.29 is 14.2 Å². The van der Waals surface area contributed by atoms with E-state index in [9.17, 15) is 9.50 Å². The normalized spacial score (nSPS) is 12.2. The number of aliphatic hydroxyl groups excluding tert-OH is 1. The van der Waals surface area contributed by atoms with E-state index in [-0.39, 0.29) is 5.82 Å². The van der Waals surface area contributed by atoms with E-state index in [1.165, 1.54) is 13.2 Å². The number of aliphatic hydroxyl groups is 1. The fraction of sp³-hybridized carbons (Fsp3) is 0.250. The molecule has 0 bridgehead atoms. The fourth-order valence-corrected chi connectivity index (χ4v) is 2.66. The van der Waals surface area contributed by atoms with Crippen molar-refractivity contribution >= 4 is 11.8 Å². The van der Waals surface area contributed by atoms with Crippen molar-refractivity contribution in [1.29, 1.82) is 0 Å². The molecule has 0 aliphatic heterocycles. The van der Waals surface area contributed by atoms with Crippen molar-refractivity contribution in [2.75, 3.05) is 7.11 Å². The van der Waals surface area contributed by atoms with E-state index in [4.69, 9.17) is 4.74 Å². The van der Waals surface area contributed by atoms with Crippen LogP contribution >= 0.6 is 11.8 Å². The molecule has 0 spiro atoms. The van der Waals surface area contributed by atoms with E-state index in [0.717, 1.165) is 10.5 Å². The Morgan fingerprint density at radius 2 is 1.90 bits per heavy atom. The van der Waals surface area contributed by atoms with Gasteiger partial charge >= 0.3 is 0 Å². The number of hydrogen-bond donors (Lipinski definition) is 1. The van der Waals surface area contributed by atoms with Gasteiger partial charge in [-0.05, 0) is 36.2 Å². The lowest BCUT2D eigenvalue weighted by molar-refractivity contribution is 0.199. The highest BCUT2D eigenvalue weighted by Crippen LogP contribution is 2.27. The minimum Gasteiger partial charge on any atom is -0.497 e. The fourth-order valence-electron chi connectivity index (χ4n) is 1.78. The van der Waals surface area contributed by atoms with E-state index in [1.807, 2.05) is 24.3 Å². The van der Waals surface area contributed by atoms with Crippen molar-refractivity contribution in [2.24, 2.45) is 0 Å². The Morgan fingerprint density at radius 1 is 1.20 bits per heavy atom. The van der Waals surface area contributed by atoms with Crippen molar-refractivity contribution in [3.8, 4) is 5.75 Å². The summed E-state index contributed by atoms with van der Waals surface area (Å²) in [6, 6.07) is 12.5. The second kappa shape index (κ2) is 6.77. The zero-order valence-corrected chi connectivity index (χ0v) is 12.3. The molecule has 2 aromatic carbocycles. The van der Waals surface area contributed by atoms with Crippen LogP contribution in [0.1, 0.15) is 24.2 Å². The molecule has 20 heavy (non-hydrogen) atoms. The first-order valence-corrected chi connectivity index (χ1v) is 7.32. The van der Waals surface area contributed by atoms with Gasteiger partial charge in [-0.2, -0.15) is 0 Å². The van der Waals surface area contributed by atoms with E-state index >= 15 is 0 Å². The predicted molar refractivity (Wildman–Crippen MR) is 79.6 cm³/mol. The molecule has 1 unspecified atom stereocenters. The summed E-state index contributed by atoms with van der Waals surface area (Å²) >= 11 is 1.56. The third-order valence-corrected chi connectivity index (χ3v) is 4.08. The van der Waals surface area contributed by atoms with Crippen LogP contribution in [0.25, 0.3) is 0 Å². The SMILES string of the molecule is COc1ccc(CSc2ccc(C(C)O)cc2)c(F)c1. The number of methoxy groups -OCH3 is 1. The van der Waals surface area contributed by atoms with Gasteiger partial charge in [0.25, 0.3) is 0 Å². The van der Waals surface area contributed by atoms with Gasteiger partial charge in [-0.25, -0.2) is 4.39 Å². The number of thioether (sulfide) groups is 1. The quantitative estimate of drug-likeness (QED) is 0.838. The summed E-state index contributed by atoms with van der Waals surface area (Å²) in [5.41, 5.74) is 1.53. The number of halogens is 1. The minimum atomic E-state index is -0.465. The number of hydrogen-bond acceptors (Lipinski definition) is 3. The summed E-state index contributed by atoms with van der Waals surface area (Å²) in [6.07, 6.45) is -0.465. The zero-order chi connectivity index (χ0) is 14.5. The van der Waals surface area contributed by atoms with Gasteiger partial charge in [0.15, 0.2) is 0 Å². The molecular formula is C16H17FO2S. The van der Waals surface area contributed by atoms with E-state index < -0.39 is 6.10 Å². The topological polar surface area (TPSA) is 29.5 Å². The standard InChI is InChI=1S/C16H17FO2S/c1-11(18)12-4-7-15(8-5-12)20-10-13-3-6-14(19-2)9-16(13)17/h3-9,11,18H,10H2,1-2H3. The van der Waals surface area contributed by atoms with Crippen LogP contribution < -0.4 is 4.74 Å². The highest BCUT2D eigenvalue weighted by Gasteiger charge is 2.05. The maximum absolute atomic E-state index is 13.8. The van der Waals surface area contributed by atoms with E-state index in [2.05, 4.69) is 0 Å². The molecule has 4 heteroatoms. The first kappa shape index (κ1) is 14.9. The maximum Gasteiger partial charge on any atom is 0.130 e. The number of rotatable bonds is 5. The first-order valence-electron chi connectivity index (χ1n) is 6.33. The molecule has 0 radical (unpaired) electrons. The van der Waals surface area contributed by atoms with Crippen molar-refractivity contribution in [2.45, 2.75) is 23.7 Å². The molecule has 0 heterocycles. The molecule has 1 N–H and O–H groups in total. The van der Waals surface area contributed by atoms with Crippen LogP contribution in [0.2, 0.25) is 0 Å². The van der Waals surface area contributed by atoms with Crippen LogP contribution in [0.15, 0.2) is 47.4 Å². The molecule has 0 aliphatic rings. The van der Waals surface area contributed by atoms with Crippen LogP contribution in [0.4, 0.5) is 4.39 Å². The molecule has 0 aliphatic carbocycles. The lowest BCUT2D eigenvalue weighted by Crippen LogP contribution is -1.91. The second-order valence-electron chi connectivity index (χ2n) is 4.49. The zero-order valence-electron chi connectivity index (χ0n) is 11.5. The van der Waals surface area contributed by atoms with E-state index in [0.29, 0.717) is 17.1 Å². The Morgan fingerprint density at radius 3 is 2.45 bits per heavy atom. The van der Waals surface area contributed by atoms with E-state index in [1.54, 1.807) is 30.8 Å². The Bertz CT molecular complexity index is 567. The molecule has 1 atom stereocenters. The Hall–Kier alpha value is -1.52. The average Bonchev–Trinajstić information content (AvgIpc) is 2.46. The van der Waals surface area contributed by atoms with Crippen molar-refractivity contribution in [3.63, 3.8) is 0 Å². The van der Waals surface area contributed by atoms with Gasteiger partial charge in [0.1, 0.15) is 11.6 Å². The van der Waals surface area contributed by atoms with Gasteiger partial charge in [-0.1, -0.05) is 18.2 Å². The summed E-state index contributed by atoms with van der Waals surface area (Å²) < 4.78 is 18.8. The molecule has 0 saturated heterocycles. The lowest BCUT2D eigenvalue weighted by atomic mass is 10.1. The minimum absolute atomic E-state index is 0.252. The van der Waals surface area contributed by atoms with Gasteiger partial charge in [0.05, 0.1) is 13.2 Å². The predicted octanol–water partition coefficient (Wildman–Crippen LogP) is 4.18. The van der Waals surface area contributed by atoms with Gasteiger partial charge < -0.3 is 9.84 Å². The maximum atomic E-state index is 13.8. The summed E-state index contributed by atoms with van der Waals surface area (Å²) in [7, 11) is 1.52. The Kier molecular flexibility index (Phi) is 5.04. The van der Waals surface area contributed by atoms with Gasteiger partial charge in [-0.15, -0.1) is 11.8 Å². The number of ether oxygens (including phenoxy) is 1. The van der Waals surface area contributed by atoms with Crippen LogP contribution in [0.5, 0.6) is 5.75 Å². The molecule has 0 amide bonds. The van der Waals surface area contributed by atoms with Gasteiger partial charge in [0, 0.05) is 16.7 Å². The monoisotopic (exact) mass is 292 g/mol. The van der Waals surface area contributed by atoms with Gasteiger partial charge in [0.2, 0.25) is 0 Å². The summed E-state index contributed by atoms with van der Waals surface area (Å²) in [5.74, 6) is 0.833. The summed E-state index contributed by atoms with van der Waals surface area (Å²) in [5, 5.41) is 9.44. The van der Waals surface area contributed by atoms with Crippen LogP contribution in [0.3, 0.4) is 0 Å². The van der Waals surface area contributed by atoms with Crippen molar-refractivity contribution in [3.05, 3.63) is 59.4 Å². The molecule has 0 saturated carbocycles. The third-order valence-electron chi connectivity index (χ3n) is 3.02. The molecule has 2 nitrogen and oxygen atoms in total. The second-order valence-corrected chi connectivity index (χ2v) is 5.54. The Balaban J connectivity index is 2.01. The number of benzene rings is 2. The highest BCUT2D eigenvalue weighted by molar-refractivity contribution is 7.98. The highest BCUT2D eigenvalue weighted by atomic mass is 32.2. The summed E-state index contributed by atoms with van der Waals surface area (Å²) in [4.78, 5) is 1.05. The summed E-state index contributed by atoms with van der Waals surface area (Å²) in [6.45, 7) is 1.73. The largest absolute Gasteiger partial charge is 0.497 e. The lowest BCUT2D eigenvalue weighted by Gasteiger charge is -2.07. The molecule has 2 aromatic rings. The molecule has 106 valence electrons. The van der Waals surface area contributed by atoms with Crippen molar-refractivity contribution in [1.82, 2.24) is 0 Å². The van der Waals surface area contributed by atoms with Crippen LogP contribution in [-0.4, -0.2) is 12.2 Å². The first-order chi connectivity index (χ1) is 9.60.